The van der Waals surface area contributed by atoms with Crippen molar-refractivity contribution in [2.24, 2.45) is 11.7 Å². The summed E-state index contributed by atoms with van der Waals surface area (Å²) in [5, 5.41) is 0. The van der Waals surface area contributed by atoms with Gasteiger partial charge in [-0.25, -0.2) is 0 Å². The number of fused-ring (bicyclic) bond motifs is 2. The largest absolute Gasteiger partial charge is 0.364 e. The number of amides is 1. The van der Waals surface area contributed by atoms with E-state index in [1.165, 1.54) is 19.3 Å². The van der Waals surface area contributed by atoms with E-state index in [1.807, 2.05) is 0 Å². The van der Waals surface area contributed by atoms with Gasteiger partial charge in [0.2, 0.25) is 0 Å². The number of nitrogens with zero attached hydrogens (tertiary/aromatic N) is 1. The SMILES string of the molecule is NC[C@H]1CC[C@@H](C(=O)N2CC3CCC2C3)O1. The predicted molar refractivity (Wildman–Crippen MR) is 59.8 cm³/mol. The fourth-order valence-corrected chi connectivity index (χ4v) is 3.44. The Morgan fingerprint density at radius 1 is 1.31 bits per heavy atom. The Morgan fingerprint density at radius 2 is 2.19 bits per heavy atom. The molecule has 0 aromatic heterocycles. The number of nitrogens with two attached hydrogens (primary N) is 1. The predicted octanol–water partition coefficient (Wildman–Crippen LogP) is 0.504. The standard InChI is InChI=1S/C12H20N2O2/c13-6-10-3-4-11(16-10)12(15)14-7-8-1-2-9(14)5-8/h8-11H,1-7,13H2/t8?,9?,10-,11+/m1/s1. The van der Waals surface area contributed by atoms with Crippen LogP contribution in [0.1, 0.15) is 32.1 Å². The van der Waals surface area contributed by atoms with E-state index in [0.29, 0.717) is 12.6 Å². The average molecular weight is 224 g/mol. The maximum absolute atomic E-state index is 12.3. The average Bonchev–Trinajstić information content (AvgIpc) is 3.03. The molecule has 1 aliphatic carbocycles. The van der Waals surface area contributed by atoms with Gasteiger partial charge >= 0.3 is 0 Å². The summed E-state index contributed by atoms with van der Waals surface area (Å²) in [6, 6.07) is 0.512. The summed E-state index contributed by atoms with van der Waals surface area (Å²) in [5.74, 6) is 0.990. The van der Waals surface area contributed by atoms with Crippen LogP contribution >= 0.6 is 0 Å². The number of piperidine rings is 1. The molecule has 2 saturated heterocycles. The number of ether oxygens (including phenoxy) is 1. The van der Waals surface area contributed by atoms with E-state index in [1.54, 1.807) is 0 Å². The van der Waals surface area contributed by atoms with Crippen molar-refractivity contribution in [2.75, 3.05) is 13.1 Å². The Bertz CT molecular complexity index is 295. The summed E-state index contributed by atoms with van der Waals surface area (Å²) in [5.41, 5.74) is 5.56. The summed E-state index contributed by atoms with van der Waals surface area (Å²) in [7, 11) is 0. The van der Waals surface area contributed by atoms with E-state index in [2.05, 4.69) is 4.90 Å². The van der Waals surface area contributed by atoms with Crippen LogP contribution in [-0.2, 0) is 9.53 Å². The van der Waals surface area contributed by atoms with Crippen LogP contribution in [0.3, 0.4) is 0 Å². The topological polar surface area (TPSA) is 55.6 Å². The van der Waals surface area contributed by atoms with Gasteiger partial charge in [0.1, 0.15) is 6.10 Å². The summed E-state index contributed by atoms with van der Waals surface area (Å²) in [6.07, 6.45) is 5.43. The van der Waals surface area contributed by atoms with Crippen LogP contribution in [0.2, 0.25) is 0 Å². The lowest BCUT2D eigenvalue weighted by molar-refractivity contribution is -0.144. The molecule has 2 aliphatic heterocycles. The minimum atomic E-state index is -0.201. The highest BCUT2D eigenvalue weighted by atomic mass is 16.5. The second-order valence-electron chi connectivity index (χ2n) is 5.38. The first-order valence-corrected chi connectivity index (χ1v) is 6.44. The molecule has 16 heavy (non-hydrogen) atoms. The van der Waals surface area contributed by atoms with Crippen molar-refractivity contribution >= 4 is 5.91 Å². The molecule has 2 unspecified atom stereocenters. The minimum absolute atomic E-state index is 0.105. The fraction of sp³-hybridized carbons (Fsp3) is 0.917. The van der Waals surface area contributed by atoms with Gasteiger partial charge in [-0.3, -0.25) is 4.79 Å². The third kappa shape index (κ3) is 1.64. The fourth-order valence-electron chi connectivity index (χ4n) is 3.44. The zero-order valence-corrected chi connectivity index (χ0v) is 9.60. The van der Waals surface area contributed by atoms with Crippen LogP contribution in [0.4, 0.5) is 0 Å². The first-order valence-electron chi connectivity index (χ1n) is 6.44. The van der Waals surface area contributed by atoms with Crippen LogP contribution in [0.15, 0.2) is 0 Å². The second-order valence-corrected chi connectivity index (χ2v) is 5.38. The van der Waals surface area contributed by atoms with Crippen molar-refractivity contribution in [1.29, 1.82) is 0 Å². The smallest absolute Gasteiger partial charge is 0.251 e. The quantitative estimate of drug-likeness (QED) is 0.743. The lowest BCUT2D eigenvalue weighted by atomic mass is 10.1. The number of carbonyl (C=O) groups is 1. The first kappa shape index (κ1) is 10.5. The Labute approximate surface area is 96.1 Å². The summed E-state index contributed by atoms with van der Waals surface area (Å²) in [6.45, 7) is 1.51. The Hall–Kier alpha value is -0.610. The highest BCUT2D eigenvalue weighted by Gasteiger charge is 2.43. The molecule has 90 valence electrons. The molecule has 1 saturated carbocycles. The summed E-state index contributed by atoms with van der Waals surface area (Å²) >= 11 is 0. The van der Waals surface area contributed by atoms with Crippen molar-refractivity contribution < 1.29 is 9.53 Å². The number of rotatable bonds is 2. The maximum Gasteiger partial charge on any atom is 0.251 e. The number of likely N-dealkylation sites (tertiary alicyclic amines) is 1. The number of carbonyl (C=O) groups excluding carboxylic acids is 1. The van der Waals surface area contributed by atoms with Gasteiger partial charge in [-0.15, -0.1) is 0 Å². The Balaban J connectivity index is 1.61. The van der Waals surface area contributed by atoms with Gasteiger partial charge in [0, 0.05) is 19.1 Å². The molecule has 4 nitrogen and oxygen atoms in total. The summed E-state index contributed by atoms with van der Waals surface area (Å²) in [4.78, 5) is 14.3. The van der Waals surface area contributed by atoms with Gasteiger partial charge < -0.3 is 15.4 Å². The monoisotopic (exact) mass is 224 g/mol. The van der Waals surface area contributed by atoms with E-state index in [0.717, 1.165) is 25.3 Å². The van der Waals surface area contributed by atoms with Crippen molar-refractivity contribution in [3.63, 3.8) is 0 Å². The van der Waals surface area contributed by atoms with Gasteiger partial charge in [-0.1, -0.05) is 0 Å². The van der Waals surface area contributed by atoms with E-state index in [4.69, 9.17) is 10.5 Å². The normalized spacial score (nSPS) is 41.9. The third-order valence-corrected chi connectivity index (χ3v) is 4.34. The molecule has 0 aromatic rings. The van der Waals surface area contributed by atoms with Gasteiger partial charge in [0.05, 0.1) is 6.10 Å². The Kier molecular flexibility index (Phi) is 2.64. The molecule has 0 radical (unpaired) electrons. The highest BCUT2D eigenvalue weighted by molar-refractivity contribution is 5.82. The molecule has 4 heteroatoms. The third-order valence-electron chi connectivity index (χ3n) is 4.34. The van der Waals surface area contributed by atoms with E-state index in [9.17, 15) is 4.79 Å². The zero-order chi connectivity index (χ0) is 11.1. The number of hydrogen-bond acceptors (Lipinski definition) is 3. The molecule has 4 atom stereocenters. The van der Waals surface area contributed by atoms with Crippen LogP contribution in [0.25, 0.3) is 0 Å². The van der Waals surface area contributed by atoms with Crippen molar-refractivity contribution in [2.45, 2.75) is 50.4 Å². The van der Waals surface area contributed by atoms with Gasteiger partial charge in [0.15, 0.2) is 0 Å². The van der Waals surface area contributed by atoms with Crippen LogP contribution < -0.4 is 5.73 Å². The first-order chi connectivity index (χ1) is 7.78. The van der Waals surface area contributed by atoms with Gasteiger partial charge in [-0.05, 0) is 38.0 Å². The van der Waals surface area contributed by atoms with Crippen molar-refractivity contribution in [3.05, 3.63) is 0 Å². The molecule has 0 aromatic carbocycles. The van der Waals surface area contributed by atoms with Crippen molar-refractivity contribution in [1.82, 2.24) is 4.90 Å². The lowest BCUT2D eigenvalue weighted by Gasteiger charge is -2.29. The van der Waals surface area contributed by atoms with E-state index >= 15 is 0 Å². The zero-order valence-electron chi connectivity index (χ0n) is 9.60. The lowest BCUT2D eigenvalue weighted by Crippen LogP contribution is -2.43. The van der Waals surface area contributed by atoms with Crippen LogP contribution in [-0.4, -0.2) is 42.1 Å². The van der Waals surface area contributed by atoms with Crippen molar-refractivity contribution in [3.8, 4) is 0 Å². The molecule has 0 spiro atoms. The molecule has 2 N–H and O–H groups in total. The molecular formula is C12H20N2O2. The van der Waals surface area contributed by atoms with Crippen LogP contribution in [0.5, 0.6) is 0 Å². The molecule has 3 fully saturated rings. The van der Waals surface area contributed by atoms with E-state index in [-0.39, 0.29) is 18.1 Å². The molecule has 2 bridgehead atoms. The van der Waals surface area contributed by atoms with E-state index < -0.39 is 0 Å². The van der Waals surface area contributed by atoms with Crippen LogP contribution in [0, 0.1) is 5.92 Å². The Morgan fingerprint density at radius 3 is 2.75 bits per heavy atom. The number of hydrogen-bond donors (Lipinski definition) is 1. The maximum atomic E-state index is 12.3. The van der Waals surface area contributed by atoms with Gasteiger partial charge in [-0.2, -0.15) is 0 Å². The summed E-state index contributed by atoms with van der Waals surface area (Å²) < 4.78 is 5.68. The molecule has 3 rings (SSSR count). The molecule has 3 aliphatic rings. The molecular weight excluding hydrogens is 204 g/mol. The molecule has 1 amide bonds. The highest BCUT2D eigenvalue weighted by Crippen LogP contribution is 2.38. The molecule has 2 heterocycles. The minimum Gasteiger partial charge on any atom is -0.364 e. The van der Waals surface area contributed by atoms with Gasteiger partial charge in [0.25, 0.3) is 5.91 Å². The second kappa shape index (κ2) is 4.00.